The summed E-state index contributed by atoms with van der Waals surface area (Å²) in [5.41, 5.74) is 2.90. The maximum absolute atomic E-state index is 12.2. The van der Waals surface area contributed by atoms with E-state index in [2.05, 4.69) is 4.99 Å². The summed E-state index contributed by atoms with van der Waals surface area (Å²) < 4.78 is 11.1. The third-order valence-electron chi connectivity index (χ3n) is 3.57. The summed E-state index contributed by atoms with van der Waals surface area (Å²) in [6, 6.07) is 15.2. The predicted octanol–water partition coefficient (Wildman–Crippen LogP) is 4.13. The Kier molecular flexibility index (Phi) is 4.47. The molecule has 1 heterocycles. The summed E-state index contributed by atoms with van der Waals surface area (Å²) in [6.07, 6.45) is 1.75. The van der Waals surface area contributed by atoms with Crippen molar-refractivity contribution in [1.82, 2.24) is 0 Å². The molecule has 2 aromatic carbocycles. The SMILES string of the molecule is Cc1ccccc1C1=N/C(=C\c2ccccc2OC(C)C)C(=O)O1. The second-order valence-electron chi connectivity index (χ2n) is 5.86. The fourth-order valence-corrected chi connectivity index (χ4v) is 2.45. The van der Waals surface area contributed by atoms with E-state index in [1.54, 1.807) is 6.08 Å². The molecule has 0 radical (unpaired) electrons. The molecule has 122 valence electrons. The molecule has 4 heteroatoms. The van der Waals surface area contributed by atoms with Crippen LogP contribution in [0.5, 0.6) is 5.75 Å². The number of ether oxygens (including phenoxy) is 2. The standard InChI is InChI=1S/C20H19NO3/c1-13(2)23-18-11-7-5-9-15(18)12-17-20(22)24-19(21-17)16-10-6-4-8-14(16)3/h4-13H,1-3H3/b17-12-. The Morgan fingerprint density at radius 2 is 1.79 bits per heavy atom. The molecule has 1 aliphatic rings. The molecule has 0 amide bonds. The molecule has 0 fully saturated rings. The summed E-state index contributed by atoms with van der Waals surface area (Å²) in [5, 5.41) is 0. The van der Waals surface area contributed by atoms with Gasteiger partial charge in [0, 0.05) is 11.1 Å². The lowest BCUT2D eigenvalue weighted by atomic mass is 10.1. The Morgan fingerprint density at radius 1 is 1.08 bits per heavy atom. The van der Waals surface area contributed by atoms with Gasteiger partial charge in [-0.05, 0) is 44.5 Å². The van der Waals surface area contributed by atoms with E-state index in [1.807, 2.05) is 69.3 Å². The lowest BCUT2D eigenvalue weighted by molar-refractivity contribution is -0.129. The summed E-state index contributed by atoms with van der Waals surface area (Å²) in [4.78, 5) is 16.5. The Morgan fingerprint density at radius 3 is 2.54 bits per heavy atom. The van der Waals surface area contributed by atoms with Gasteiger partial charge in [0.15, 0.2) is 5.70 Å². The molecule has 1 aliphatic heterocycles. The lowest BCUT2D eigenvalue weighted by Gasteiger charge is -2.12. The fraction of sp³-hybridized carbons (Fsp3) is 0.200. The summed E-state index contributed by atoms with van der Waals surface area (Å²) in [6.45, 7) is 5.88. The van der Waals surface area contributed by atoms with Crippen LogP contribution in [0.4, 0.5) is 0 Å². The number of aryl methyl sites for hydroxylation is 1. The smallest absolute Gasteiger partial charge is 0.363 e. The highest BCUT2D eigenvalue weighted by atomic mass is 16.6. The van der Waals surface area contributed by atoms with Crippen molar-refractivity contribution in [1.29, 1.82) is 0 Å². The average Bonchev–Trinajstić information content (AvgIpc) is 2.90. The van der Waals surface area contributed by atoms with Gasteiger partial charge in [-0.1, -0.05) is 36.4 Å². The number of cyclic esters (lactones) is 1. The van der Waals surface area contributed by atoms with Gasteiger partial charge in [-0.2, -0.15) is 0 Å². The van der Waals surface area contributed by atoms with E-state index in [4.69, 9.17) is 9.47 Å². The first-order valence-electron chi connectivity index (χ1n) is 7.89. The Hall–Kier alpha value is -2.88. The monoisotopic (exact) mass is 321 g/mol. The van der Waals surface area contributed by atoms with Crippen molar-refractivity contribution in [3.8, 4) is 5.75 Å². The van der Waals surface area contributed by atoms with Crippen molar-refractivity contribution in [3.05, 3.63) is 70.9 Å². The van der Waals surface area contributed by atoms with E-state index < -0.39 is 5.97 Å². The quantitative estimate of drug-likeness (QED) is 0.628. The molecule has 24 heavy (non-hydrogen) atoms. The zero-order valence-electron chi connectivity index (χ0n) is 13.9. The van der Waals surface area contributed by atoms with Crippen LogP contribution in [0.15, 0.2) is 59.2 Å². The van der Waals surface area contributed by atoms with Gasteiger partial charge in [0.25, 0.3) is 0 Å². The molecular formula is C20H19NO3. The number of aliphatic imine (C=N–C) groups is 1. The number of para-hydroxylation sites is 1. The number of esters is 1. The van der Waals surface area contributed by atoms with E-state index in [0.717, 1.165) is 16.7 Å². The molecule has 0 spiro atoms. The van der Waals surface area contributed by atoms with Crippen LogP contribution in [0.1, 0.15) is 30.5 Å². The second kappa shape index (κ2) is 6.71. The van der Waals surface area contributed by atoms with Crippen LogP contribution in [0, 0.1) is 6.92 Å². The van der Waals surface area contributed by atoms with Crippen LogP contribution in [-0.4, -0.2) is 18.0 Å². The minimum atomic E-state index is -0.451. The largest absolute Gasteiger partial charge is 0.490 e. The first-order valence-corrected chi connectivity index (χ1v) is 7.89. The summed E-state index contributed by atoms with van der Waals surface area (Å²) in [7, 11) is 0. The summed E-state index contributed by atoms with van der Waals surface area (Å²) >= 11 is 0. The Labute approximate surface area is 141 Å². The number of hydrogen-bond acceptors (Lipinski definition) is 4. The van der Waals surface area contributed by atoms with Crippen molar-refractivity contribution in [3.63, 3.8) is 0 Å². The van der Waals surface area contributed by atoms with Crippen LogP contribution < -0.4 is 4.74 Å². The van der Waals surface area contributed by atoms with E-state index in [0.29, 0.717) is 11.6 Å². The van der Waals surface area contributed by atoms with E-state index in [-0.39, 0.29) is 11.8 Å². The minimum absolute atomic E-state index is 0.0473. The number of nitrogens with zero attached hydrogens (tertiary/aromatic N) is 1. The first kappa shape index (κ1) is 16.0. The van der Waals surface area contributed by atoms with E-state index >= 15 is 0 Å². The number of hydrogen-bond donors (Lipinski definition) is 0. The zero-order chi connectivity index (χ0) is 17.1. The van der Waals surface area contributed by atoms with Gasteiger partial charge in [0.05, 0.1) is 6.10 Å². The van der Waals surface area contributed by atoms with Gasteiger partial charge in [0.2, 0.25) is 5.90 Å². The van der Waals surface area contributed by atoms with Crippen molar-refractivity contribution in [2.24, 2.45) is 4.99 Å². The zero-order valence-corrected chi connectivity index (χ0v) is 13.9. The predicted molar refractivity (Wildman–Crippen MR) is 94.0 cm³/mol. The highest BCUT2D eigenvalue weighted by molar-refractivity contribution is 6.13. The highest BCUT2D eigenvalue weighted by Gasteiger charge is 2.25. The van der Waals surface area contributed by atoms with Gasteiger partial charge < -0.3 is 9.47 Å². The van der Waals surface area contributed by atoms with Gasteiger partial charge in [-0.3, -0.25) is 0 Å². The van der Waals surface area contributed by atoms with Gasteiger partial charge in [0.1, 0.15) is 5.75 Å². The van der Waals surface area contributed by atoms with Gasteiger partial charge in [-0.25, -0.2) is 9.79 Å². The molecule has 0 N–H and O–H groups in total. The van der Waals surface area contributed by atoms with Crippen LogP contribution in [0.3, 0.4) is 0 Å². The van der Waals surface area contributed by atoms with E-state index in [9.17, 15) is 4.79 Å². The third-order valence-corrected chi connectivity index (χ3v) is 3.57. The van der Waals surface area contributed by atoms with Gasteiger partial charge in [-0.15, -0.1) is 0 Å². The van der Waals surface area contributed by atoms with Crippen LogP contribution in [0.25, 0.3) is 6.08 Å². The summed E-state index contributed by atoms with van der Waals surface area (Å²) in [5.74, 6) is 0.603. The average molecular weight is 321 g/mol. The number of carbonyl (C=O) groups excluding carboxylic acids is 1. The number of carbonyl (C=O) groups is 1. The van der Waals surface area contributed by atoms with Crippen molar-refractivity contribution < 1.29 is 14.3 Å². The molecule has 0 atom stereocenters. The molecule has 0 aliphatic carbocycles. The highest BCUT2D eigenvalue weighted by Crippen LogP contribution is 2.26. The second-order valence-corrected chi connectivity index (χ2v) is 5.86. The number of benzene rings is 2. The van der Waals surface area contributed by atoms with Gasteiger partial charge >= 0.3 is 5.97 Å². The molecular weight excluding hydrogens is 302 g/mol. The van der Waals surface area contributed by atoms with Crippen molar-refractivity contribution in [2.45, 2.75) is 26.9 Å². The molecule has 2 aromatic rings. The first-order chi connectivity index (χ1) is 11.5. The van der Waals surface area contributed by atoms with E-state index in [1.165, 1.54) is 0 Å². The maximum atomic E-state index is 12.2. The molecule has 0 aromatic heterocycles. The molecule has 0 bridgehead atoms. The topological polar surface area (TPSA) is 47.9 Å². The third kappa shape index (κ3) is 3.38. The molecule has 4 nitrogen and oxygen atoms in total. The lowest BCUT2D eigenvalue weighted by Crippen LogP contribution is -2.07. The van der Waals surface area contributed by atoms with Crippen LogP contribution >= 0.6 is 0 Å². The van der Waals surface area contributed by atoms with Crippen molar-refractivity contribution in [2.75, 3.05) is 0 Å². The normalized spacial score (nSPS) is 15.6. The van der Waals surface area contributed by atoms with Crippen LogP contribution in [0.2, 0.25) is 0 Å². The minimum Gasteiger partial charge on any atom is -0.490 e. The molecule has 3 rings (SSSR count). The fourth-order valence-electron chi connectivity index (χ4n) is 2.45. The maximum Gasteiger partial charge on any atom is 0.363 e. The molecule has 0 unspecified atom stereocenters. The Balaban J connectivity index is 1.97. The number of rotatable bonds is 4. The molecule has 0 saturated heterocycles. The van der Waals surface area contributed by atoms with Crippen molar-refractivity contribution >= 4 is 17.9 Å². The Bertz CT molecular complexity index is 834. The van der Waals surface area contributed by atoms with Crippen LogP contribution in [-0.2, 0) is 9.53 Å². The molecule has 0 saturated carbocycles.